The summed E-state index contributed by atoms with van der Waals surface area (Å²) >= 11 is 0. The monoisotopic (exact) mass is 1040 g/mol. The number of hydrogen-bond acceptors (Lipinski definition) is 5. The maximum Gasteiger partial charge on any atom is 0.472 e. The van der Waals surface area contributed by atoms with Crippen LogP contribution in [0.3, 0.4) is 0 Å². The Morgan fingerprint density at radius 2 is 0.764 bits per heavy atom. The number of nitrogens with zero attached hydrogens (tertiary/aromatic N) is 1. The topological polar surface area (TPSA) is 105 Å². The van der Waals surface area contributed by atoms with Gasteiger partial charge in [0.1, 0.15) is 13.2 Å². The van der Waals surface area contributed by atoms with Crippen molar-refractivity contribution in [2.24, 2.45) is 0 Å². The molecule has 0 aromatic rings. The van der Waals surface area contributed by atoms with E-state index in [0.29, 0.717) is 17.4 Å². The number of hydrogen-bond donors (Lipinski definition) is 3. The Kier molecular flexibility index (Phi) is 53.5. The number of rotatable bonds is 58. The van der Waals surface area contributed by atoms with Crippen LogP contribution in [0.1, 0.15) is 309 Å². The highest BCUT2D eigenvalue weighted by Gasteiger charge is 2.27. The van der Waals surface area contributed by atoms with Crippen LogP contribution in [0.25, 0.3) is 0 Å². The minimum atomic E-state index is -4.36. The average molecular weight is 1040 g/mol. The number of aliphatic hydroxyl groups is 1. The van der Waals surface area contributed by atoms with Crippen LogP contribution in [0, 0.1) is 0 Å². The van der Waals surface area contributed by atoms with Gasteiger partial charge in [0.05, 0.1) is 39.9 Å². The summed E-state index contributed by atoms with van der Waals surface area (Å²) in [5.41, 5.74) is 0. The van der Waals surface area contributed by atoms with Crippen LogP contribution in [0.2, 0.25) is 0 Å². The van der Waals surface area contributed by atoms with Gasteiger partial charge >= 0.3 is 7.82 Å². The summed E-state index contributed by atoms with van der Waals surface area (Å²) in [5, 5.41) is 13.9. The molecule has 0 spiro atoms. The van der Waals surface area contributed by atoms with Gasteiger partial charge in [0.2, 0.25) is 5.91 Å². The number of phosphoric ester groups is 1. The summed E-state index contributed by atoms with van der Waals surface area (Å²) < 4.78 is 23.7. The molecule has 0 aromatic carbocycles. The second kappa shape index (κ2) is 54.5. The fourth-order valence-electron chi connectivity index (χ4n) is 9.41. The van der Waals surface area contributed by atoms with Gasteiger partial charge in [-0.05, 0) is 57.8 Å². The first-order chi connectivity index (χ1) is 35.0. The molecule has 72 heavy (non-hydrogen) atoms. The fraction of sp³-hybridized carbons (Fsp3) is 0.889. The number of carbonyl (C=O) groups excluding carboxylic acids is 1. The molecule has 0 bridgehead atoms. The summed E-state index contributed by atoms with van der Waals surface area (Å²) in [6, 6.07) is -0.866. The van der Waals surface area contributed by atoms with Gasteiger partial charge in [0.25, 0.3) is 0 Å². The molecule has 0 radical (unpaired) electrons. The molecule has 9 heteroatoms. The van der Waals surface area contributed by atoms with Crippen LogP contribution in [0.4, 0.5) is 0 Å². The molecule has 0 saturated heterocycles. The third-order valence-corrected chi connectivity index (χ3v) is 15.3. The first-order valence-electron chi connectivity index (χ1n) is 31.4. The molecule has 1 amide bonds. The van der Waals surface area contributed by atoms with Gasteiger partial charge in [0.15, 0.2) is 0 Å². The molecule has 0 aromatic heterocycles. The number of quaternary nitrogens is 1. The SMILES string of the molecule is CCCCCCCCC/C=C\CCCCCCCCCC(=O)NC(COP(=O)(O)OCC[N+](C)(C)C)C(O)/C=C/CC/C=C/CCCCCCCCCCCCCCCCCCCCCCCCCCCC. The lowest BCUT2D eigenvalue weighted by Crippen LogP contribution is -2.45. The van der Waals surface area contributed by atoms with Crippen molar-refractivity contribution < 1.29 is 32.9 Å². The largest absolute Gasteiger partial charge is 0.472 e. The lowest BCUT2D eigenvalue weighted by molar-refractivity contribution is -0.870. The molecule has 0 aliphatic heterocycles. The third-order valence-electron chi connectivity index (χ3n) is 14.3. The van der Waals surface area contributed by atoms with Crippen molar-refractivity contribution in [3.63, 3.8) is 0 Å². The van der Waals surface area contributed by atoms with E-state index >= 15 is 0 Å². The molecule has 3 N–H and O–H groups in total. The van der Waals surface area contributed by atoms with E-state index in [4.69, 9.17) is 9.05 Å². The summed E-state index contributed by atoms with van der Waals surface area (Å²) in [6.45, 7) is 4.83. The number of amides is 1. The number of carbonyl (C=O) groups is 1. The highest BCUT2D eigenvalue weighted by Crippen LogP contribution is 2.43. The van der Waals surface area contributed by atoms with Crippen LogP contribution in [-0.4, -0.2) is 73.4 Å². The van der Waals surface area contributed by atoms with Gasteiger partial charge in [-0.25, -0.2) is 4.57 Å². The Labute approximate surface area is 448 Å². The highest BCUT2D eigenvalue weighted by molar-refractivity contribution is 7.47. The first-order valence-corrected chi connectivity index (χ1v) is 32.9. The van der Waals surface area contributed by atoms with Crippen LogP contribution in [0.15, 0.2) is 36.5 Å². The molecule has 0 rings (SSSR count). The van der Waals surface area contributed by atoms with Crippen molar-refractivity contribution in [1.29, 1.82) is 0 Å². The minimum Gasteiger partial charge on any atom is -0.387 e. The quantitative estimate of drug-likeness (QED) is 0.0243. The highest BCUT2D eigenvalue weighted by atomic mass is 31.2. The van der Waals surface area contributed by atoms with Crippen molar-refractivity contribution in [3.8, 4) is 0 Å². The van der Waals surface area contributed by atoms with E-state index in [9.17, 15) is 19.4 Å². The molecule has 0 heterocycles. The van der Waals surface area contributed by atoms with Crippen LogP contribution >= 0.6 is 7.82 Å². The van der Waals surface area contributed by atoms with E-state index in [0.717, 1.165) is 38.5 Å². The average Bonchev–Trinajstić information content (AvgIpc) is 3.34. The van der Waals surface area contributed by atoms with E-state index in [1.54, 1.807) is 6.08 Å². The molecule has 0 fully saturated rings. The van der Waals surface area contributed by atoms with Crippen molar-refractivity contribution >= 4 is 13.7 Å². The fourth-order valence-corrected chi connectivity index (χ4v) is 10.1. The minimum absolute atomic E-state index is 0.0559. The van der Waals surface area contributed by atoms with Crippen molar-refractivity contribution in [1.82, 2.24) is 5.32 Å². The van der Waals surface area contributed by atoms with Gasteiger partial charge in [0, 0.05) is 6.42 Å². The number of aliphatic hydroxyl groups excluding tert-OH is 1. The van der Waals surface area contributed by atoms with E-state index in [-0.39, 0.29) is 19.1 Å². The summed E-state index contributed by atoms with van der Waals surface area (Å²) in [7, 11) is 1.56. The Morgan fingerprint density at radius 3 is 1.11 bits per heavy atom. The smallest absolute Gasteiger partial charge is 0.387 e. The Morgan fingerprint density at radius 1 is 0.458 bits per heavy atom. The van der Waals surface area contributed by atoms with Gasteiger partial charge in [-0.15, -0.1) is 0 Å². The third kappa shape index (κ3) is 56.4. The first kappa shape index (κ1) is 70.7. The maximum absolute atomic E-state index is 13.0. The Bertz CT molecular complexity index is 1270. The normalized spacial score (nSPS) is 14.0. The number of unbranched alkanes of at least 4 members (excludes halogenated alkanes) is 41. The summed E-state index contributed by atoms with van der Waals surface area (Å²) in [4.78, 5) is 23.3. The van der Waals surface area contributed by atoms with Crippen molar-refractivity contribution in [2.45, 2.75) is 321 Å². The summed E-state index contributed by atoms with van der Waals surface area (Å²) in [6.07, 6.45) is 71.4. The molecule has 0 aliphatic rings. The predicted molar refractivity (Wildman–Crippen MR) is 314 cm³/mol. The predicted octanol–water partition coefficient (Wildman–Crippen LogP) is 19.3. The van der Waals surface area contributed by atoms with E-state index in [1.165, 1.54) is 250 Å². The number of nitrogens with one attached hydrogen (secondary N) is 1. The van der Waals surface area contributed by atoms with Crippen LogP contribution in [-0.2, 0) is 18.4 Å². The summed E-state index contributed by atoms with van der Waals surface area (Å²) in [5.74, 6) is -0.188. The Hall–Kier alpha value is -1.28. The zero-order valence-electron chi connectivity index (χ0n) is 48.7. The van der Waals surface area contributed by atoms with E-state index in [2.05, 4.69) is 43.5 Å². The van der Waals surface area contributed by atoms with Crippen molar-refractivity contribution in [3.05, 3.63) is 36.5 Å². The molecule has 0 aliphatic carbocycles. The van der Waals surface area contributed by atoms with Crippen LogP contribution in [0.5, 0.6) is 0 Å². The molecule has 8 nitrogen and oxygen atoms in total. The second-order valence-corrected chi connectivity index (χ2v) is 24.2. The molecule has 3 unspecified atom stereocenters. The van der Waals surface area contributed by atoms with Gasteiger partial charge < -0.3 is 19.8 Å². The van der Waals surface area contributed by atoms with Gasteiger partial charge in [-0.1, -0.05) is 281 Å². The molecular weight excluding hydrogens is 912 g/mol. The maximum atomic E-state index is 13.0. The molecule has 0 saturated carbocycles. The second-order valence-electron chi connectivity index (χ2n) is 22.8. The molecule has 426 valence electrons. The molecular formula is C63H124N2O6P+. The molecule has 3 atom stereocenters. The zero-order chi connectivity index (χ0) is 52.7. The van der Waals surface area contributed by atoms with E-state index in [1.807, 2.05) is 27.2 Å². The number of allylic oxidation sites excluding steroid dienone is 5. The lowest BCUT2D eigenvalue weighted by atomic mass is 10.0. The van der Waals surface area contributed by atoms with Crippen LogP contribution < -0.4 is 5.32 Å². The van der Waals surface area contributed by atoms with Gasteiger partial charge in [-0.2, -0.15) is 0 Å². The van der Waals surface area contributed by atoms with Crippen molar-refractivity contribution in [2.75, 3.05) is 40.9 Å². The lowest BCUT2D eigenvalue weighted by Gasteiger charge is -2.25. The zero-order valence-corrected chi connectivity index (χ0v) is 49.6. The van der Waals surface area contributed by atoms with E-state index < -0.39 is 20.0 Å². The number of phosphoric acid groups is 1. The Balaban J connectivity index is 4.12. The number of likely N-dealkylation sites (N-methyl/N-ethyl adjacent to an activating group) is 1. The van der Waals surface area contributed by atoms with Gasteiger partial charge in [-0.3, -0.25) is 13.8 Å². The standard InChI is InChI=1S/C63H123N2O6P/c1-6-8-10-12-14-16-18-20-22-24-26-27-28-29-30-31-32-33-34-35-36-37-38-39-40-42-44-46-48-50-52-54-56-62(66)61(60-71-72(68,69)70-59-58-65(3,4)5)64-63(67)57-55-53-51-49-47-45-43-41-25-23-21-19-17-15-13-11-9-7-2/h23,25,46,48,54,56,61-62,66H,6-22,24,26-45,47,49-53,55,57-60H2,1-5H3,(H-,64,67,68,69)/p+1/b25-23-,48-46+,56-54+.